The Hall–Kier alpha value is -2.61. The molecule has 1 aromatic carbocycles. The van der Waals surface area contributed by atoms with Gasteiger partial charge in [-0.1, -0.05) is 18.2 Å². The van der Waals surface area contributed by atoms with Crippen molar-refractivity contribution in [2.24, 2.45) is 5.92 Å². The third-order valence-electron chi connectivity index (χ3n) is 4.70. The Morgan fingerprint density at radius 2 is 1.96 bits per heavy atom. The van der Waals surface area contributed by atoms with Gasteiger partial charge in [0, 0.05) is 18.7 Å². The van der Waals surface area contributed by atoms with E-state index in [-0.39, 0.29) is 5.82 Å². The van der Waals surface area contributed by atoms with E-state index < -0.39 is 0 Å². The van der Waals surface area contributed by atoms with Crippen molar-refractivity contribution in [1.82, 2.24) is 30.2 Å². The van der Waals surface area contributed by atoms with Crippen molar-refractivity contribution >= 4 is 11.5 Å². The van der Waals surface area contributed by atoms with Gasteiger partial charge in [0.2, 0.25) is 0 Å². The average Bonchev–Trinajstić information content (AvgIpc) is 3.11. The summed E-state index contributed by atoms with van der Waals surface area (Å²) in [7, 11) is 0. The van der Waals surface area contributed by atoms with Crippen molar-refractivity contribution in [2.45, 2.75) is 19.4 Å². The number of halogens is 1. The van der Waals surface area contributed by atoms with Crippen LogP contribution in [-0.2, 0) is 6.54 Å². The van der Waals surface area contributed by atoms with Crippen LogP contribution < -0.4 is 5.32 Å². The Kier molecular flexibility index (Phi) is 4.51. The first-order chi connectivity index (χ1) is 12.3. The van der Waals surface area contributed by atoms with Crippen LogP contribution in [0.5, 0.6) is 0 Å². The SMILES string of the molecule is Fc1ccccc1CN1CCC(CNc2ccc3nnnn3n2)CC1. The van der Waals surface area contributed by atoms with Gasteiger partial charge in [-0.3, -0.25) is 4.90 Å². The zero-order chi connectivity index (χ0) is 17.1. The van der Waals surface area contributed by atoms with E-state index in [1.165, 1.54) is 10.7 Å². The topological polar surface area (TPSA) is 71.2 Å². The zero-order valence-corrected chi connectivity index (χ0v) is 13.8. The maximum Gasteiger partial charge on any atom is 0.200 e. The molecule has 130 valence electrons. The summed E-state index contributed by atoms with van der Waals surface area (Å²) in [4.78, 5) is 2.32. The van der Waals surface area contributed by atoms with Crippen LogP contribution in [0.1, 0.15) is 18.4 Å². The molecule has 0 radical (unpaired) electrons. The quantitative estimate of drug-likeness (QED) is 0.765. The fourth-order valence-electron chi connectivity index (χ4n) is 3.21. The summed E-state index contributed by atoms with van der Waals surface area (Å²) < 4.78 is 15.2. The third kappa shape index (κ3) is 3.74. The van der Waals surface area contributed by atoms with Gasteiger partial charge in [-0.2, -0.15) is 0 Å². The van der Waals surface area contributed by atoms with Crippen LogP contribution in [0.25, 0.3) is 5.65 Å². The minimum Gasteiger partial charge on any atom is -0.368 e. The summed E-state index contributed by atoms with van der Waals surface area (Å²) in [5.41, 5.74) is 1.41. The Labute approximate surface area is 144 Å². The summed E-state index contributed by atoms with van der Waals surface area (Å²) in [6.07, 6.45) is 2.18. The molecule has 1 saturated heterocycles. The molecule has 8 heteroatoms. The highest BCUT2D eigenvalue weighted by Crippen LogP contribution is 2.20. The van der Waals surface area contributed by atoms with E-state index in [0.29, 0.717) is 18.1 Å². The fourth-order valence-corrected chi connectivity index (χ4v) is 3.21. The molecule has 1 aliphatic heterocycles. The highest BCUT2D eigenvalue weighted by molar-refractivity contribution is 5.42. The van der Waals surface area contributed by atoms with Crippen molar-refractivity contribution in [3.05, 3.63) is 47.8 Å². The van der Waals surface area contributed by atoms with Gasteiger partial charge in [0.05, 0.1) is 0 Å². The number of nitrogens with one attached hydrogen (secondary N) is 1. The van der Waals surface area contributed by atoms with Crippen LogP contribution in [-0.4, -0.2) is 49.8 Å². The molecular formula is C17H20FN7. The standard InChI is InChI=1S/C17H20FN7/c18-15-4-2-1-3-14(15)12-24-9-7-13(8-10-24)11-19-16-5-6-17-20-22-23-25(17)21-16/h1-6,13H,7-12H2,(H,19,21). The third-order valence-corrected chi connectivity index (χ3v) is 4.70. The maximum absolute atomic E-state index is 13.8. The predicted molar refractivity (Wildman–Crippen MR) is 91.5 cm³/mol. The number of fused-ring (bicyclic) bond motifs is 1. The minimum atomic E-state index is -0.115. The van der Waals surface area contributed by atoms with E-state index in [1.807, 2.05) is 24.3 Å². The molecule has 2 aromatic heterocycles. The van der Waals surface area contributed by atoms with E-state index in [4.69, 9.17) is 0 Å². The molecule has 25 heavy (non-hydrogen) atoms. The lowest BCUT2D eigenvalue weighted by Gasteiger charge is -2.32. The number of aromatic nitrogens is 5. The first kappa shape index (κ1) is 15.9. The molecule has 1 fully saturated rings. The number of benzene rings is 1. The second-order valence-electron chi connectivity index (χ2n) is 6.44. The van der Waals surface area contributed by atoms with E-state index in [0.717, 1.165) is 43.9 Å². The summed E-state index contributed by atoms with van der Waals surface area (Å²) in [5.74, 6) is 1.24. The Morgan fingerprint density at radius 1 is 1.12 bits per heavy atom. The molecule has 3 aromatic rings. The van der Waals surface area contributed by atoms with E-state index in [9.17, 15) is 4.39 Å². The first-order valence-corrected chi connectivity index (χ1v) is 8.53. The average molecular weight is 341 g/mol. The number of rotatable bonds is 5. The number of nitrogens with zero attached hydrogens (tertiary/aromatic N) is 6. The number of hydrogen-bond donors (Lipinski definition) is 1. The number of hydrogen-bond acceptors (Lipinski definition) is 6. The molecule has 0 spiro atoms. The molecule has 7 nitrogen and oxygen atoms in total. The van der Waals surface area contributed by atoms with Gasteiger partial charge in [0.15, 0.2) is 5.65 Å². The van der Waals surface area contributed by atoms with Gasteiger partial charge in [-0.15, -0.1) is 14.8 Å². The summed E-state index contributed by atoms with van der Waals surface area (Å²) in [6.45, 7) is 3.53. The van der Waals surface area contributed by atoms with Crippen LogP contribution in [0.4, 0.5) is 10.2 Å². The lowest BCUT2D eigenvalue weighted by molar-refractivity contribution is 0.180. The van der Waals surface area contributed by atoms with Crippen molar-refractivity contribution in [1.29, 1.82) is 0 Å². The van der Waals surface area contributed by atoms with E-state index >= 15 is 0 Å². The van der Waals surface area contributed by atoms with Gasteiger partial charge in [0.1, 0.15) is 11.6 Å². The number of anilines is 1. The maximum atomic E-state index is 13.8. The lowest BCUT2D eigenvalue weighted by Crippen LogP contribution is -2.35. The largest absolute Gasteiger partial charge is 0.368 e. The van der Waals surface area contributed by atoms with Crippen molar-refractivity contribution in [2.75, 3.05) is 25.0 Å². The Morgan fingerprint density at radius 3 is 2.80 bits per heavy atom. The molecular weight excluding hydrogens is 321 g/mol. The zero-order valence-electron chi connectivity index (χ0n) is 13.8. The molecule has 4 rings (SSSR count). The Balaban J connectivity index is 1.26. The van der Waals surface area contributed by atoms with Gasteiger partial charge < -0.3 is 5.32 Å². The van der Waals surface area contributed by atoms with Crippen molar-refractivity contribution in [3.8, 4) is 0 Å². The van der Waals surface area contributed by atoms with E-state index in [1.54, 1.807) is 6.07 Å². The van der Waals surface area contributed by atoms with Gasteiger partial charge in [0.25, 0.3) is 0 Å². The van der Waals surface area contributed by atoms with Gasteiger partial charge in [-0.05, 0) is 60.5 Å². The normalized spacial score (nSPS) is 16.4. The van der Waals surface area contributed by atoms with Gasteiger partial charge in [-0.25, -0.2) is 4.39 Å². The fraction of sp³-hybridized carbons (Fsp3) is 0.412. The molecule has 1 aliphatic rings. The highest BCUT2D eigenvalue weighted by Gasteiger charge is 2.20. The molecule has 3 heterocycles. The number of piperidine rings is 1. The lowest BCUT2D eigenvalue weighted by atomic mass is 9.96. The van der Waals surface area contributed by atoms with E-state index in [2.05, 4.69) is 30.8 Å². The van der Waals surface area contributed by atoms with Crippen LogP contribution in [0.2, 0.25) is 0 Å². The van der Waals surface area contributed by atoms with Crippen LogP contribution in [0.15, 0.2) is 36.4 Å². The second-order valence-corrected chi connectivity index (χ2v) is 6.44. The van der Waals surface area contributed by atoms with Crippen molar-refractivity contribution < 1.29 is 4.39 Å². The summed E-state index contributed by atoms with van der Waals surface area (Å²) >= 11 is 0. The highest BCUT2D eigenvalue weighted by atomic mass is 19.1. The molecule has 0 aliphatic carbocycles. The monoisotopic (exact) mass is 341 g/mol. The molecule has 1 N–H and O–H groups in total. The summed E-state index contributed by atoms with van der Waals surface area (Å²) in [5, 5.41) is 18.9. The van der Waals surface area contributed by atoms with Gasteiger partial charge >= 0.3 is 0 Å². The van der Waals surface area contributed by atoms with Crippen molar-refractivity contribution in [3.63, 3.8) is 0 Å². The smallest absolute Gasteiger partial charge is 0.200 e. The summed E-state index contributed by atoms with van der Waals surface area (Å²) in [6, 6.07) is 10.7. The minimum absolute atomic E-state index is 0.115. The first-order valence-electron chi connectivity index (χ1n) is 8.53. The van der Waals surface area contributed by atoms with Crippen LogP contribution in [0, 0.1) is 11.7 Å². The molecule has 0 atom stereocenters. The molecule has 0 unspecified atom stereocenters. The molecule has 0 bridgehead atoms. The number of tetrazole rings is 1. The van der Waals surface area contributed by atoms with Crippen LogP contribution >= 0.6 is 0 Å². The Bertz CT molecular complexity index is 842. The van der Waals surface area contributed by atoms with Crippen LogP contribution in [0.3, 0.4) is 0 Å². The number of likely N-dealkylation sites (tertiary alicyclic amines) is 1. The predicted octanol–water partition coefficient (Wildman–Crippen LogP) is 1.98. The molecule has 0 saturated carbocycles. The second kappa shape index (κ2) is 7.10. The molecule has 0 amide bonds.